The molecule has 1 aromatic rings. The van der Waals surface area contributed by atoms with Gasteiger partial charge in [0.15, 0.2) is 9.84 Å². The lowest BCUT2D eigenvalue weighted by molar-refractivity contribution is -0.141. The number of amides is 3. The van der Waals surface area contributed by atoms with Crippen LogP contribution in [0.1, 0.15) is 39.0 Å². The average Bonchev–Trinajstić information content (AvgIpc) is 3.37. The van der Waals surface area contributed by atoms with Crippen LogP contribution in [0.15, 0.2) is 23.1 Å². The Hall–Kier alpha value is -2.98. The molecule has 4 fully saturated rings. The van der Waals surface area contributed by atoms with Gasteiger partial charge in [0.1, 0.15) is 5.54 Å². The number of carbonyl (C=O) groups excluding carboxylic acids is 3. The van der Waals surface area contributed by atoms with Crippen molar-refractivity contribution in [2.75, 3.05) is 44.2 Å². The summed E-state index contributed by atoms with van der Waals surface area (Å²) in [7, 11) is -4.12. The Labute approximate surface area is 242 Å². The minimum atomic E-state index is -4.12. The van der Waals surface area contributed by atoms with Gasteiger partial charge in [-0.1, -0.05) is 11.6 Å². The van der Waals surface area contributed by atoms with Crippen LogP contribution >= 0.6 is 11.6 Å². The molecule has 0 aromatic heterocycles. The van der Waals surface area contributed by atoms with Gasteiger partial charge in [-0.15, -0.1) is 0 Å². The summed E-state index contributed by atoms with van der Waals surface area (Å²) in [6, 6.07) is 6.64. The molecular weight excluding hydrogens is 580 g/mol. The van der Waals surface area contributed by atoms with E-state index in [4.69, 9.17) is 11.6 Å². The number of anilines is 1. The lowest BCUT2D eigenvalue weighted by atomic mass is 9.93. The molecule has 5 rings (SSSR count). The summed E-state index contributed by atoms with van der Waals surface area (Å²) in [6.07, 6.45) is -0.000468. The molecular formula is C27H32ClF2N5O5S. The molecule has 2 saturated carbocycles. The van der Waals surface area contributed by atoms with E-state index >= 15 is 0 Å². The second kappa shape index (κ2) is 10.7. The first kappa shape index (κ1) is 29.5. The molecule has 2 aliphatic carbocycles. The van der Waals surface area contributed by atoms with Gasteiger partial charge in [0.2, 0.25) is 17.7 Å². The summed E-state index contributed by atoms with van der Waals surface area (Å²) >= 11 is 6.49. The number of benzene rings is 1. The smallest absolute Gasteiger partial charge is 0.267 e. The zero-order valence-electron chi connectivity index (χ0n) is 22.6. The summed E-state index contributed by atoms with van der Waals surface area (Å²) in [4.78, 5) is 42.8. The van der Waals surface area contributed by atoms with Crippen LogP contribution in [0.5, 0.6) is 0 Å². The van der Waals surface area contributed by atoms with E-state index in [-0.39, 0.29) is 35.2 Å². The molecule has 1 aromatic carbocycles. The number of alkyl halides is 2. The topological polar surface area (TPSA) is 131 Å². The fourth-order valence-corrected chi connectivity index (χ4v) is 8.43. The van der Waals surface area contributed by atoms with Crippen LogP contribution < -0.4 is 10.2 Å². The van der Waals surface area contributed by atoms with E-state index in [0.717, 1.165) is 4.90 Å². The van der Waals surface area contributed by atoms with Crippen molar-refractivity contribution in [2.45, 2.75) is 60.6 Å². The number of hydrogen-bond acceptors (Lipinski definition) is 7. The molecule has 41 heavy (non-hydrogen) atoms. The number of sulfone groups is 1. The van der Waals surface area contributed by atoms with E-state index in [0.29, 0.717) is 44.7 Å². The van der Waals surface area contributed by atoms with Crippen molar-refractivity contribution in [3.8, 4) is 6.07 Å². The first-order chi connectivity index (χ1) is 19.2. The van der Waals surface area contributed by atoms with Crippen molar-refractivity contribution < 1.29 is 31.6 Å². The molecule has 2 aliphatic heterocycles. The van der Waals surface area contributed by atoms with Crippen LogP contribution in [0.4, 0.5) is 14.5 Å². The molecule has 10 nitrogen and oxygen atoms in total. The van der Waals surface area contributed by atoms with E-state index in [1.54, 1.807) is 17.0 Å². The maximum atomic E-state index is 13.9. The number of piperazine rings is 1. The maximum absolute atomic E-state index is 13.9. The Bertz CT molecular complexity index is 1400. The number of nitrogens with one attached hydrogen (secondary N) is 1. The van der Waals surface area contributed by atoms with Crippen LogP contribution in [-0.2, 0) is 24.2 Å². The van der Waals surface area contributed by atoms with Gasteiger partial charge in [-0.3, -0.25) is 14.4 Å². The van der Waals surface area contributed by atoms with Gasteiger partial charge in [-0.05, 0) is 43.9 Å². The Morgan fingerprint density at radius 3 is 2.22 bits per heavy atom. The van der Waals surface area contributed by atoms with Gasteiger partial charge in [-0.25, -0.2) is 17.2 Å². The number of carbonyl (C=O) groups is 3. The van der Waals surface area contributed by atoms with Gasteiger partial charge in [0.05, 0.1) is 39.6 Å². The number of likely N-dealkylation sites (tertiary alicyclic amines) is 1. The maximum Gasteiger partial charge on any atom is 0.267 e. The van der Waals surface area contributed by atoms with Crippen molar-refractivity contribution in [1.29, 1.82) is 5.26 Å². The van der Waals surface area contributed by atoms with Gasteiger partial charge in [-0.2, -0.15) is 5.26 Å². The van der Waals surface area contributed by atoms with Gasteiger partial charge in [0, 0.05) is 51.8 Å². The molecule has 3 atom stereocenters. The minimum Gasteiger partial charge on any atom is -0.368 e. The second-order valence-electron chi connectivity index (χ2n) is 11.5. The highest BCUT2D eigenvalue weighted by atomic mass is 35.5. The monoisotopic (exact) mass is 611 g/mol. The van der Waals surface area contributed by atoms with Gasteiger partial charge < -0.3 is 20.0 Å². The summed E-state index contributed by atoms with van der Waals surface area (Å²) in [5.74, 6) is -6.54. The molecule has 2 heterocycles. The second-order valence-corrected chi connectivity index (χ2v) is 14.1. The third-order valence-corrected chi connectivity index (χ3v) is 11.4. The normalized spacial score (nSPS) is 26.9. The third kappa shape index (κ3) is 5.86. The van der Waals surface area contributed by atoms with Crippen LogP contribution in [0.25, 0.3) is 0 Å². The molecule has 0 radical (unpaired) electrons. The first-order valence-corrected chi connectivity index (χ1v) is 15.6. The fourth-order valence-electron chi connectivity index (χ4n) is 6.06. The van der Waals surface area contributed by atoms with Crippen molar-refractivity contribution in [3.05, 3.63) is 23.2 Å². The summed E-state index contributed by atoms with van der Waals surface area (Å²) < 4.78 is 55.4. The first-order valence-electron chi connectivity index (χ1n) is 13.7. The Kier molecular flexibility index (Phi) is 7.70. The predicted molar refractivity (Wildman–Crippen MR) is 145 cm³/mol. The number of nitrogens with zero attached hydrogens (tertiary/aromatic N) is 4. The molecule has 222 valence electrons. The van der Waals surface area contributed by atoms with Crippen molar-refractivity contribution in [1.82, 2.24) is 15.1 Å². The van der Waals surface area contributed by atoms with E-state index in [2.05, 4.69) is 5.32 Å². The number of hydrogen-bond donors (Lipinski definition) is 1. The minimum absolute atomic E-state index is 0.00660. The summed E-state index contributed by atoms with van der Waals surface area (Å²) in [6.45, 7) is 2.74. The number of rotatable bonds is 6. The average molecular weight is 612 g/mol. The van der Waals surface area contributed by atoms with Gasteiger partial charge >= 0.3 is 0 Å². The lowest BCUT2D eigenvalue weighted by Crippen LogP contribution is -2.48. The predicted octanol–water partition coefficient (Wildman–Crippen LogP) is 2.22. The highest BCUT2D eigenvalue weighted by Gasteiger charge is 2.53. The molecule has 0 bridgehead atoms. The zero-order chi connectivity index (χ0) is 29.7. The Morgan fingerprint density at radius 2 is 1.68 bits per heavy atom. The molecule has 1 N–H and O–H groups in total. The third-order valence-electron chi connectivity index (χ3n) is 8.73. The Morgan fingerprint density at radius 1 is 1.02 bits per heavy atom. The van der Waals surface area contributed by atoms with E-state index < -0.39 is 63.2 Å². The highest BCUT2D eigenvalue weighted by Crippen LogP contribution is 2.44. The molecule has 3 amide bonds. The van der Waals surface area contributed by atoms with Crippen molar-refractivity contribution >= 4 is 44.8 Å². The van der Waals surface area contributed by atoms with Crippen LogP contribution in [0.2, 0.25) is 5.02 Å². The molecule has 14 heteroatoms. The zero-order valence-corrected chi connectivity index (χ0v) is 24.2. The quantitative estimate of drug-likeness (QED) is 0.522. The SMILES string of the molecule is CC(=O)N1CCN(c2ccc(S(=O)(=O)[C@@H]3CC(C(=O)N4CCC(F)(F)C4)[C@H](C(=O)NC4(C#N)CC4)C3)c(Cl)c2)CC1. The standard InChI is InChI=1S/C27H32ClF2N5O5S/c1-17(36)33-8-10-34(11-9-33)18-2-3-23(22(28)12-18)41(39,40)19-13-20(24(37)32-26(15-31)4-5-26)21(14-19)25(38)35-7-6-27(29,30)16-35/h2-3,12,19-21H,4-11,13-14,16H2,1H3,(H,32,37)/t19-,20+,21?/m0/s1. The highest BCUT2D eigenvalue weighted by molar-refractivity contribution is 7.92. The molecule has 0 spiro atoms. The van der Waals surface area contributed by atoms with Crippen molar-refractivity contribution in [3.63, 3.8) is 0 Å². The molecule has 1 unspecified atom stereocenters. The van der Waals surface area contributed by atoms with Crippen LogP contribution in [0.3, 0.4) is 0 Å². The lowest BCUT2D eigenvalue weighted by Gasteiger charge is -2.35. The molecule has 2 saturated heterocycles. The van der Waals surface area contributed by atoms with Crippen molar-refractivity contribution in [2.24, 2.45) is 11.8 Å². The summed E-state index contributed by atoms with van der Waals surface area (Å²) in [5, 5.41) is 10.9. The van der Waals surface area contributed by atoms with Gasteiger partial charge in [0.25, 0.3) is 5.92 Å². The van der Waals surface area contributed by atoms with Crippen LogP contribution in [-0.4, -0.2) is 91.9 Å². The Balaban J connectivity index is 1.36. The summed E-state index contributed by atoms with van der Waals surface area (Å²) in [5.41, 5.74) is -0.327. The van der Waals surface area contributed by atoms with Crippen LogP contribution in [0, 0.1) is 23.2 Å². The fraction of sp³-hybridized carbons (Fsp3) is 0.630. The van der Waals surface area contributed by atoms with E-state index in [1.807, 2.05) is 11.0 Å². The number of halogens is 3. The number of nitriles is 1. The van der Waals surface area contributed by atoms with E-state index in [1.165, 1.54) is 13.0 Å². The van der Waals surface area contributed by atoms with E-state index in [9.17, 15) is 36.8 Å². The largest absolute Gasteiger partial charge is 0.368 e. The molecule has 4 aliphatic rings.